The molecule has 22 heavy (non-hydrogen) atoms. The van der Waals surface area contributed by atoms with Crippen molar-refractivity contribution >= 4 is 17.5 Å². The molecule has 6 heteroatoms. The number of carbonyl (C=O) groups excluding carboxylic acids is 1. The standard InChI is InChI=1S/C16H14N2O4/c19-16(22-14-8-3-7-13(11-14)18(20)21)17-10-4-6-12-5-1-2-9-15(12)17/h1-3,5,7-9,11H,4,6,10H2. The summed E-state index contributed by atoms with van der Waals surface area (Å²) in [5, 5.41) is 10.8. The zero-order valence-electron chi connectivity index (χ0n) is 11.8. The van der Waals surface area contributed by atoms with Gasteiger partial charge in [0.1, 0.15) is 5.75 Å². The predicted octanol–water partition coefficient (Wildman–Crippen LogP) is 3.55. The number of anilines is 1. The summed E-state index contributed by atoms with van der Waals surface area (Å²) in [6, 6.07) is 13.3. The number of non-ortho nitro benzene ring substituents is 1. The van der Waals surface area contributed by atoms with E-state index >= 15 is 0 Å². The van der Waals surface area contributed by atoms with Gasteiger partial charge in [-0.15, -0.1) is 0 Å². The van der Waals surface area contributed by atoms with E-state index in [0.717, 1.165) is 24.1 Å². The Morgan fingerprint density at radius 2 is 2.00 bits per heavy atom. The third-order valence-electron chi connectivity index (χ3n) is 3.56. The number of fused-ring (bicyclic) bond motifs is 1. The van der Waals surface area contributed by atoms with Gasteiger partial charge in [0.15, 0.2) is 0 Å². The number of para-hydroxylation sites is 1. The lowest BCUT2D eigenvalue weighted by Gasteiger charge is -2.28. The maximum atomic E-state index is 12.3. The third-order valence-corrected chi connectivity index (χ3v) is 3.56. The molecule has 1 heterocycles. The first-order valence-electron chi connectivity index (χ1n) is 6.97. The van der Waals surface area contributed by atoms with E-state index in [1.54, 1.807) is 4.90 Å². The Morgan fingerprint density at radius 3 is 2.82 bits per heavy atom. The molecular weight excluding hydrogens is 284 g/mol. The molecule has 0 aliphatic carbocycles. The SMILES string of the molecule is O=C(Oc1cccc([N+](=O)[O-])c1)N1CCCc2ccccc21. The van der Waals surface area contributed by atoms with E-state index in [9.17, 15) is 14.9 Å². The molecule has 0 spiro atoms. The van der Waals surface area contributed by atoms with Crippen LogP contribution in [0.5, 0.6) is 5.75 Å². The summed E-state index contributed by atoms with van der Waals surface area (Å²) >= 11 is 0. The smallest absolute Gasteiger partial charge is 0.410 e. The normalized spacial score (nSPS) is 13.4. The molecule has 0 fully saturated rings. The quantitative estimate of drug-likeness (QED) is 0.628. The van der Waals surface area contributed by atoms with E-state index in [1.807, 2.05) is 24.3 Å². The van der Waals surface area contributed by atoms with Crippen LogP contribution in [0.25, 0.3) is 0 Å². The maximum absolute atomic E-state index is 12.3. The van der Waals surface area contributed by atoms with Gasteiger partial charge in [-0.3, -0.25) is 15.0 Å². The Kier molecular flexibility index (Phi) is 3.74. The van der Waals surface area contributed by atoms with Crippen LogP contribution in [0.15, 0.2) is 48.5 Å². The number of carbonyl (C=O) groups is 1. The van der Waals surface area contributed by atoms with Crippen LogP contribution in [0.4, 0.5) is 16.2 Å². The molecule has 0 saturated carbocycles. The lowest BCUT2D eigenvalue weighted by atomic mass is 10.0. The molecule has 1 amide bonds. The van der Waals surface area contributed by atoms with Crippen molar-refractivity contribution in [2.24, 2.45) is 0 Å². The first kappa shape index (κ1) is 14.1. The van der Waals surface area contributed by atoms with Crippen molar-refractivity contribution in [1.82, 2.24) is 0 Å². The zero-order valence-corrected chi connectivity index (χ0v) is 11.8. The topological polar surface area (TPSA) is 72.7 Å². The summed E-state index contributed by atoms with van der Waals surface area (Å²) < 4.78 is 5.28. The fraction of sp³-hybridized carbons (Fsp3) is 0.188. The summed E-state index contributed by atoms with van der Waals surface area (Å²) in [6.07, 6.45) is 1.27. The van der Waals surface area contributed by atoms with Gasteiger partial charge in [-0.05, 0) is 30.5 Å². The van der Waals surface area contributed by atoms with E-state index in [4.69, 9.17) is 4.74 Å². The first-order chi connectivity index (χ1) is 10.6. The molecule has 0 unspecified atom stereocenters. The Labute approximate surface area is 127 Å². The molecule has 0 aromatic heterocycles. The highest BCUT2D eigenvalue weighted by Crippen LogP contribution is 2.28. The number of nitro groups is 1. The van der Waals surface area contributed by atoms with Crippen molar-refractivity contribution < 1.29 is 14.5 Å². The van der Waals surface area contributed by atoms with Crippen molar-refractivity contribution in [3.05, 3.63) is 64.2 Å². The second kappa shape index (κ2) is 5.85. The number of ether oxygens (including phenoxy) is 1. The molecule has 0 atom stereocenters. The average Bonchev–Trinajstić information content (AvgIpc) is 2.54. The highest BCUT2D eigenvalue weighted by molar-refractivity contribution is 5.90. The minimum absolute atomic E-state index is 0.107. The van der Waals surface area contributed by atoms with Gasteiger partial charge in [-0.2, -0.15) is 0 Å². The molecule has 0 saturated heterocycles. The molecular formula is C16H14N2O4. The molecule has 2 aromatic carbocycles. The van der Waals surface area contributed by atoms with Gasteiger partial charge in [0.25, 0.3) is 5.69 Å². The summed E-state index contributed by atoms with van der Waals surface area (Å²) in [4.78, 5) is 24.2. The van der Waals surface area contributed by atoms with Crippen LogP contribution in [0.2, 0.25) is 0 Å². The van der Waals surface area contributed by atoms with E-state index in [2.05, 4.69) is 0 Å². The summed E-state index contributed by atoms with van der Waals surface area (Å²) in [5.74, 6) is 0.169. The van der Waals surface area contributed by atoms with Gasteiger partial charge in [-0.25, -0.2) is 4.79 Å². The first-order valence-corrected chi connectivity index (χ1v) is 6.97. The number of amides is 1. The van der Waals surface area contributed by atoms with E-state index in [0.29, 0.717) is 6.54 Å². The minimum atomic E-state index is -0.521. The monoisotopic (exact) mass is 298 g/mol. The lowest BCUT2D eigenvalue weighted by molar-refractivity contribution is -0.384. The highest BCUT2D eigenvalue weighted by atomic mass is 16.6. The molecule has 0 radical (unpaired) electrons. The number of aryl methyl sites for hydroxylation is 1. The number of hydrogen-bond acceptors (Lipinski definition) is 4. The molecule has 6 nitrogen and oxygen atoms in total. The van der Waals surface area contributed by atoms with Crippen molar-refractivity contribution in [2.45, 2.75) is 12.8 Å². The van der Waals surface area contributed by atoms with Crippen molar-refractivity contribution in [3.63, 3.8) is 0 Å². The zero-order chi connectivity index (χ0) is 15.5. The van der Waals surface area contributed by atoms with Crippen LogP contribution in [-0.4, -0.2) is 17.6 Å². The third kappa shape index (κ3) is 2.76. The maximum Gasteiger partial charge on any atom is 0.419 e. The van der Waals surface area contributed by atoms with Gasteiger partial charge in [-0.1, -0.05) is 24.3 Å². The fourth-order valence-electron chi connectivity index (χ4n) is 2.54. The van der Waals surface area contributed by atoms with Crippen molar-refractivity contribution in [1.29, 1.82) is 0 Å². The van der Waals surface area contributed by atoms with Gasteiger partial charge in [0.05, 0.1) is 16.7 Å². The van der Waals surface area contributed by atoms with E-state index < -0.39 is 11.0 Å². The molecule has 2 aromatic rings. The van der Waals surface area contributed by atoms with Gasteiger partial charge >= 0.3 is 6.09 Å². The number of nitrogens with zero attached hydrogens (tertiary/aromatic N) is 2. The Balaban J connectivity index is 1.81. The van der Waals surface area contributed by atoms with Crippen LogP contribution in [0, 0.1) is 10.1 Å². The number of nitro benzene ring substituents is 1. The number of hydrogen-bond donors (Lipinski definition) is 0. The molecule has 1 aliphatic heterocycles. The average molecular weight is 298 g/mol. The molecule has 0 N–H and O–H groups in total. The fourth-order valence-corrected chi connectivity index (χ4v) is 2.54. The molecule has 3 rings (SSSR count). The van der Waals surface area contributed by atoms with Gasteiger partial charge in [0, 0.05) is 12.6 Å². The Morgan fingerprint density at radius 1 is 1.18 bits per heavy atom. The summed E-state index contributed by atoms with van der Waals surface area (Å²) in [7, 11) is 0. The number of benzene rings is 2. The van der Waals surface area contributed by atoms with Gasteiger partial charge in [0.2, 0.25) is 0 Å². The van der Waals surface area contributed by atoms with Crippen LogP contribution in [-0.2, 0) is 6.42 Å². The number of rotatable bonds is 2. The predicted molar refractivity (Wildman–Crippen MR) is 81.2 cm³/mol. The van der Waals surface area contributed by atoms with Crippen LogP contribution >= 0.6 is 0 Å². The minimum Gasteiger partial charge on any atom is -0.410 e. The molecule has 112 valence electrons. The van der Waals surface area contributed by atoms with E-state index in [-0.39, 0.29) is 11.4 Å². The Hall–Kier alpha value is -2.89. The Bertz CT molecular complexity index is 730. The van der Waals surface area contributed by atoms with Crippen LogP contribution in [0.3, 0.4) is 0 Å². The van der Waals surface area contributed by atoms with Gasteiger partial charge < -0.3 is 4.74 Å². The van der Waals surface area contributed by atoms with Crippen LogP contribution in [0.1, 0.15) is 12.0 Å². The second-order valence-corrected chi connectivity index (χ2v) is 5.01. The summed E-state index contributed by atoms with van der Waals surface area (Å²) in [5.41, 5.74) is 1.83. The van der Waals surface area contributed by atoms with Crippen LogP contribution < -0.4 is 9.64 Å². The summed E-state index contributed by atoms with van der Waals surface area (Å²) in [6.45, 7) is 0.574. The largest absolute Gasteiger partial charge is 0.419 e. The van der Waals surface area contributed by atoms with Crippen molar-refractivity contribution in [2.75, 3.05) is 11.4 Å². The second-order valence-electron chi connectivity index (χ2n) is 5.01. The molecule has 0 bridgehead atoms. The van der Waals surface area contributed by atoms with Crippen molar-refractivity contribution in [3.8, 4) is 5.75 Å². The lowest BCUT2D eigenvalue weighted by Crippen LogP contribution is -2.37. The highest BCUT2D eigenvalue weighted by Gasteiger charge is 2.24. The molecule has 1 aliphatic rings. The van der Waals surface area contributed by atoms with E-state index in [1.165, 1.54) is 24.3 Å².